The summed E-state index contributed by atoms with van der Waals surface area (Å²) in [6.07, 6.45) is 5.83. The maximum absolute atomic E-state index is 4.07. The maximum Gasteiger partial charge on any atom is 0.0345 e. The lowest BCUT2D eigenvalue weighted by molar-refractivity contribution is 1.25. The number of hydrogen-bond acceptors (Lipinski definition) is 1. The second kappa shape index (κ2) is 3.33. The van der Waals surface area contributed by atoms with Crippen LogP contribution in [0, 0.1) is 6.92 Å². The Morgan fingerprint density at radius 3 is 2.82 bits per heavy atom. The molecule has 1 heteroatoms. The third-order valence-electron chi connectivity index (χ3n) is 1.90. The van der Waals surface area contributed by atoms with Gasteiger partial charge in [-0.1, -0.05) is 6.08 Å². The van der Waals surface area contributed by atoms with Crippen LogP contribution in [0.25, 0.3) is 5.57 Å². The van der Waals surface area contributed by atoms with Crippen LogP contribution in [0.5, 0.6) is 0 Å². The smallest absolute Gasteiger partial charge is 0.0345 e. The van der Waals surface area contributed by atoms with Gasteiger partial charge in [-0.05, 0) is 43.5 Å². The van der Waals surface area contributed by atoms with Gasteiger partial charge in [0.25, 0.3) is 0 Å². The molecular formula is C10H13N. The number of nitrogens with zero attached hydrogens (tertiary/aromatic N) is 1. The molecule has 0 aliphatic rings. The summed E-state index contributed by atoms with van der Waals surface area (Å²) in [5.41, 5.74) is 3.82. The fourth-order valence-electron chi connectivity index (χ4n) is 1.03. The second-order valence-electron chi connectivity index (χ2n) is 2.66. The molecule has 0 unspecified atom stereocenters. The first kappa shape index (κ1) is 7.99. The molecule has 1 aromatic heterocycles. The highest BCUT2D eigenvalue weighted by Gasteiger charge is 1.96. The standard InChI is InChI=1S/C10H13N/c1-4-8(2)10-7-11-6-5-9(10)3/h4-7H,1-3H3. The van der Waals surface area contributed by atoms with Crippen LogP contribution in [0.15, 0.2) is 24.5 Å². The molecule has 0 spiro atoms. The van der Waals surface area contributed by atoms with Crippen LogP contribution in [0.1, 0.15) is 25.0 Å². The number of aryl methyl sites for hydroxylation is 1. The van der Waals surface area contributed by atoms with Crippen molar-refractivity contribution < 1.29 is 0 Å². The normalized spacial score (nSPS) is 11.7. The van der Waals surface area contributed by atoms with Crippen LogP contribution in [0.2, 0.25) is 0 Å². The Kier molecular flexibility index (Phi) is 2.42. The predicted molar refractivity (Wildman–Crippen MR) is 48.3 cm³/mol. The Balaban J connectivity index is 3.14. The first-order valence-electron chi connectivity index (χ1n) is 3.79. The summed E-state index contributed by atoms with van der Waals surface area (Å²) in [4.78, 5) is 4.07. The molecule has 0 aliphatic carbocycles. The highest BCUT2D eigenvalue weighted by molar-refractivity contribution is 5.65. The van der Waals surface area contributed by atoms with Crippen molar-refractivity contribution >= 4 is 5.57 Å². The molecule has 0 N–H and O–H groups in total. The van der Waals surface area contributed by atoms with Crippen LogP contribution in [0.3, 0.4) is 0 Å². The molecule has 1 nitrogen and oxygen atoms in total. The maximum atomic E-state index is 4.07. The van der Waals surface area contributed by atoms with E-state index in [2.05, 4.69) is 24.9 Å². The van der Waals surface area contributed by atoms with Gasteiger partial charge in [-0.25, -0.2) is 0 Å². The van der Waals surface area contributed by atoms with Crippen LogP contribution in [-0.4, -0.2) is 4.98 Å². The Morgan fingerprint density at radius 1 is 1.55 bits per heavy atom. The topological polar surface area (TPSA) is 12.9 Å². The number of allylic oxidation sites excluding steroid dienone is 2. The van der Waals surface area contributed by atoms with Gasteiger partial charge in [0.05, 0.1) is 0 Å². The van der Waals surface area contributed by atoms with E-state index in [-0.39, 0.29) is 0 Å². The lowest BCUT2D eigenvalue weighted by Gasteiger charge is -2.02. The molecular weight excluding hydrogens is 134 g/mol. The molecule has 0 atom stereocenters. The van der Waals surface area contributed by atoms with Gasteiger partial charge in [-0.15, -0.1) is 0 Å². The molecule has 0 amide bonds. The van der Waals surface area contributed by atoms with E-state index in [1.54, 1.807) is 0 Å². The molecule has 0 aromatic carbocycles. The lowest BCUT2D eigenvalue weighted by Crippen LogP contribution is -1.85. The molecule has 58 valence electrons. The first-order valence-corrected chi connectivity index (χ1v) is 3.79. The van der Waals surface area contributed by atoms with Gasteiger partial charge in [0.1, 0.15) is 0 Å². The minimum Gasteiger partial charge on any atom is -0.264 e. The summed E-state index contributed by atoms with van der Waals surface area (Å²) in [6.45, 7) is 6.25. The predicted octanol–water partition coefficient (Wildman–Crippen LogP) is 2.81. The first-order chi connectivity index (χ1) is 5.25. The van der Waals surface area contributed by atoms with Gasteiger partial charge in [-0.3, -0.25) is 4.98 Å². The Labute approximate surface area is 67.8 Å². The second-order valence-corrected chi connectivity index (χ2v) is 2.66. The molecule has 11 heavy (non-hydrogen) atoms. The fourth-order valence-corrected chi connectivity index (χ4v) is 1.03. The molecule has 0 radical (unpaired) electrons. The number of rotatable bonds is 1. The minimum absolute atomic E-state index is 1.25. The molecule has 0 saturated heterocycles. The van der Waals surface area contributed by atoms with Crippen molar-refractivity contribution in [3.63, 3.8) is 0 Å². The summed E-state index contributed by atoms with van der Waals surface area (Å²) < 4.78 is 0. The van der Waals surface area contributed by atoms with Gasteiger partial charge in [0, 0.05) is 12.4 Å². The molecule has 0 bridgehead atoms. The Bertz CT molecular complexity index is 274. The SMILES string of the molecule is CC=C(C)c1cnccc1C. The van der Waals surface area contributed by atoms with E-state index >= 15 is 0 Å². The third kappa shape index (κ3) is 1.67. The van der Waals surface area contributed by atoms with E-state index in [0.717, 1.165) is 0 Å². The summed E-state index contributed by atoms with van der Waals surface area (Å²) in [5.74, 6) is 0. The number of aromatic nitrogens is 1. The van der Waals surface area contributed by atoms with Crippen molar-refractivity contribution in [3.8, 4) is 0 Å². The van der Waals surface area contributed by atoms with Gasteiger partial charge >= 0.3 is 0 Å². The minimum atomic E-state index is 1.25. The summed E-state index contributed by atoms with van der Waals surface area (Å²) in [6, 6.07) is 2.03. The molecule has 1 aromatic rings. The zero-order chi connectivity index (χ0) is 8.27. The van der Waals surface area contributed by atoms with E-state index in [9.17, 15) is 0 Å². The Morgan fingerprint density at radius 2 is 2.27 bits per heavy atom. The average Bonchev–Trinajstić information content (AvgIpc) is 2.04. The Hall–Kier alpha value is -1.11. The molecule has 0 aliphatic heterocycles. The van der Waals surface area contributed by atoms with Gasteiger partial charge in [0.15, 0.2) is 0 Å². The molecule has 1 heterocycles. The van der Waals surface area contributed by atoms with E-state index in [0.29, 0.717) is 0 Å². The molecule has 1 rings (SSSR count). The van der Waals surface area contributed by atoms with Crippen LogP contribution in [0.4, 0.5) is 0 Å². The largest absolute Gasteiger partial charge is 0.264 e. The highest BCUT2D eigenvalue weighted by atomic mass is 14.6. The van der Waals surface area contributed by atoms with E-state index in [1.807, 2.05) is 25.4 Å². The van der Waals surface area contributed by atoms with Gasteiger partial charge in [0.2, 0.25) is 0 Å². The van der Waals surface area contributed by atoms with Gasteiger partial charge < -0.3 is 0 Å². The van der Waals surface area contributed by atoms with Crippen LogP contribution >= 0.6 is 0 Å². The van der Waals surface area contributed by atoms with Crippen molar-refractivity contribution in [2.45, 2.75) is 20.8 Å². The lowest BCUT2D eigenvalue weighted by atomic mass is 10.1. The van der Waals surface area contributed by atoms with Crippen molar-refractivity contribution in [1.82, 2.24) is 4.98 Å². The molecule has 0 saturated carbocycles. The highest BCUT2D eigenvalue weighted by Crippen LogP contribution is 2.15. The number of hydrogen-bond donors (Lipinski definition) is 0. The average molecular weight is 147 g/mol. The van der Waals surface area contributed by atoms with Crippen molar-refractivity contribution in [2.75, 3.05) is 0 Å². The zero-order valence-corrected chi connectivity index (χ0v) is 7.26. The van der Waals surface area contributed by atoms with Gasteiger partial charge in [-0.2, -0.15) is 0 Å². The summed E-state index contributed by atoms with van der Waals surface area (Å²) in [7, 11) is 0. The summed E-state index contributed by atoms with van der Waals surface area (Å²) >= 11 is 0. The fraction of sp³-hybridized carbons (Fsp3) is 0.300. The van der Waals surface area contributed by atoms with Crippen molar-refractivity contribution in [2.24, 2.45) is 0 Å². The van der Waals surface area contributed by atoms with Crippen LogP contribution < -0.4 is 0 Å². The van der Waals surface area contributed by atoms with E-state index < -0.39 is 0 Å². The van der Waals surface area contributed by atoms with Crippen molar-refractivity contribution in [1.29, 1.82) is 0 Å². The monoisotopic (exact) mass is 147 g/mol. The third-order valence-corrected chi connectivity index (χ3v) is 1.90. The molecule has 0 fully saturated rings. The summed E-state index contributed by atoms with van der Waals surface area (Å²) in [5, 5.41) is 0. The van der Waals surface area contributed by atoms with E-state index in [4.69, 9.17) is 0 Å². The number of pyridine rings is 1. The zero-order valence-electron chi connectivity index (χ0n) is 7.26. The van der Waals surface area contributed by atoms with E-state index in [1.165, 1.54) is 16.7 Å². The van der Waals surface area contributed by atoms with Crippen molar-refractivity contribution in [3.05, 3.63) is 35.7 Å². The van der Waals surface area contributed by atoms with Crippen LogP contribution in [-0.2, 0) is 0 Å². The quantitative estimate of drug-likeness (QED) is 0.595.